The quantitative estimate of drug-likeness (QED) is 0.798. The van der Waals surface area contributed by atoms with E-state index < -0.39 is 5.60 Å². The average molecular weight is 416 g/mol. The number of hydrogen-bond donors (Lipinski definition) is 1. The molecule has 7 heteroatoms. The number of likely N-dealkylation sites (tertiary alicyclic amines) is 1. The Morgan fingerprint density at radius 2 is 1.90 bits per heavy atom. The minimum absolute atomic E-state index is 0.000821. The van der Waals surface area contributed by atoms with Crippen molar-refractivity contribution in [2.24, 2.45) is 5.92 Å². The van der Waals surface area contributed by atoms with Crippen molar-refractivity contribution in [1.82, 2.24) is 15.2 Å². The van der Waals surface area contributed by atoms with Crippen LogP contribution in [0.4, 0.5) is 4.79 Å². The number of carbonyl (C=O) groups is 2. The van der Waals surface area contributed by atoms with Gasteiger partial charge in [-0.3, -0.25) is 4.79 Å². The van der Waals surface area contributed by atoms with E-state index in [-0.39, 0.29) is 12.0 Å². The van der Waals surface area contributed by atoms with Crippen molar-refractivity contribution in [3.8, 4) is 0 Å². The molecule has 1 aromatic carbocycles. The summed E-state index contributed by atoms with van der Waals surface area (Å²) in [6, 6.07) is 10.2. The molecule has 0 bridgehead atoms. The van der Waals surface area contributed by atoms with Gasteiger partial charge < -0.3 is 15.0 Å². The first-order valence-corrected chi connectivity index (χ1v) is 10.9. The second-order valence-electron chi connectivity index (χ2n) is 8.41. The van der Waals surface area contributed by atoms with Crippen LogP contribution in [0, 0.1) is 5.92 Å². The first-order valence-electron chi connectivity index (χ1n) is 10.0. The Morgan fingerprint density at radius 3 is 2.55 bits per heavy atom. The molecule has 1 N–H and O–H groups in total. The van der Waals surface area contributed by atoms with Crippen LogP contribution < -0.4 is 5.32 Å². The number of amides is 2. The molecule has 0 spiro atoms. The maximum atomic E-state index is 12.8. The maximum absolute atomic E-state index is 12.8. The number of carbonyl (C=O) groups excluding carboxylic acids is 2. The van der Waals surface area contributed by atoms with Gasteiger partial charge in [0.1, 0.15) is 11.3 Å². The average Bonchev–Trinajstić information content (AvgIpc) is 3.14. The molecule has 1 aliphatic rings. The normalized spacial score (nSPS) is 15.2. The van der Waals surface area contributed by atoms with E-state index in [9.17, 15) is 9.59 Å². The molecule has 2 heterocycles. The van der Waals surface area contributed by atoms with E-state index in [2.05, 4.69) is 22.4 Å². The Labute approximate surface area is 176 Å². The highest BCUT2D eigenvalue weighted by atomic mass is 32.1. The van der Waals surface area contributed by atoms with Crippen LogP contribution in [0.3, 0.4) is 0 Å². The van der Waals surface area contributed by atoms with Gasteiger partial charge in [0.15, 0.2) is 0 Å². The van der Waals surface area contributed by atoms with Crippen molar-refractivity contribution in [1.29, 1.82) is 0 Å². The lowest BCUT2D eigenvalue weighted by molar-refractivity contribution is 0.0500. The number of nitrogens with zero attached hydrogens (tertiary/aromatic N) is 2. The van der Waals surface area contributed by atoms with E-state index in [0.29, 0.717) is 31.2 Å². The summed E-state index contributed by atoms with van der Waals surface area (Å²) in [5.74, 6) is 0.356. The lowest BCUT2D eigenvalue weighted by Crippen LogP contribution is -2.42. The molecule has 156 valence electrons. The number of rotatable bonds is 5. The minimum atomic E-state index is -0.493. The highest BCUT2D eigenvalue weighted by molar-refractivity contribution is 7.09. The van der Waals surface area contributed by atoms with Crippen LogP contribution in [-0.4, -0.2) is 47.1 Å². The molecule has 1 aromatic heterocycles. The molecule has 0 radical (unpaired) electrons. The Balaban J connectivity index is 1.45. The summed E-state index contributed by atoms with van der Waals surface area (Å²) in [5, 5.41) is 5.65. The number of hydrogen-bond acceptors (Lipinski definition) is 5. The van der Waals surface area contributed by atoms with Gasteiger partial charge in [-0.25, -0.2) is 9.78 Å². The van der Waals surface area contributed by atoms with Crippen LogP contribution in [0.25, 0.3) is 0 Å². The molecule has 1 saturated heterocycles. The van der Waals surface area contributed by atoms with Crippen molar-refractivity contribution in [3.05, 3.63) is 52.0 Å². The third kappa shape index (κ3) is 6.56. The van der Waals surface area contributed by atoms with Gasteiger partial charge in [0, 0.05) is 31.4 Å². The van der Waals surface area contributed by atoms with Gasteiger partial charge in [-0.1, -0.05) is 30.3 Å². The Morgan fingerprint density at radius 1 is 1.21 bits per heavy atom. The molecule has 1 fully saturated rings. The fourth-order valence-electron chi connectivity index (χ4n) is 3.30. The Hall–Kier alpha value is -2.41. The summed E-state index contributed by atoms with van der Waals surface area (Å²) in [6.45, 7) is 7.49. The zero-order chi connectivity index (χ0) is 20.9. The predicted octanol–water partition coefficient (Wildman–Crippen LogP) is 4.11. The fourth-order valence-corrected chi connectivity index (χ4v) is 4.11. The van der Waals surface area contributed by atoms with Crippen molar-refractivity contribution >= 4 is 23.3 Å². The van der Waals surface area contributed by atoms with Gasteiger partial charge in [-0.05, 0) is 45.1 Å². The Bertz CT molecular complexity index is 821. The third-order valence-corrected chi connectivity index (χ3v) is 5.65. The van der Waals surface area contributed by atoms with Gasteiger partial charge in [0.05, 0.1) is 5.01 Å². The maximum Gasteiger partial charge on any atom is 0.407 e. The van der Waals surface area contributed by atoms with Gasteiger partial charge in [0.25, 0.3) is 5.91 Å². The smallest absolute Gasteiger partial charge is 0.407 e. The van der Waals surface area contributed by atoms with Crippen molar-refractivity contribution in [2.45, 2.75) is 45.6 Å². The number of benzene rings is 1. The van der Waals surface area contributed by atoms with Gasteiger partial charge in [-0.15, -0.1) is 11.3 Å². The number of ether oxygens (including phenoxy) is 1. The van der Waals surface area contributed by atoms with E-state index >= 15 is 0 Å². The first kappa shape index (κ1) is 21.3. The largest absolute Gasteiger partial charge is 0.444 e. The second kappa shape index (κ2) is 9.39. The second-order valence-corrected chi connectivity index (χ2v) is 9.35. The topological polar surface area (TPSA) is 71.5 Å². The number of nitrogens with one attached hydrogen (secondary N) is 1. The number of aromatic nitrogens is 1. The molecule has 29 heavy (non-hydrogen) atoms. The first-order chi connectivity index (χ1) is 13.8. The highest BCUT2D eigenvalue weighted by Crippen LogP contribution is 2.21. The van der Waals surface area contributed by atoms with Crippen LogP contribution in [0.5, 0.6) is 0 Å². The molecule has 0 atom stereocenters. The monoisotopic (exact) mass is 415 g/mol. The zero-order valence-electron chi connectivity index (χ0n) is 17.3. The zero-order valence-corrected chi connectivity index (χ0v) is 18.1. The highest BCUT2D eigenvalue weighted by Gasteiger charge is 2.26. The van der Waals surface area contributed by atoms with Gasteiger partial charge in [0.2, 0.25) is 0 Å². The molecular weight excluding hydrogens is 386 g/mol. The van der Waals surface area contributed by atoms with Crippen molar-refractivity contribution in [3.63, 3.8) is 0 Å². The standard InChI is InChI=1S/C22H29N3O3S/c1-22(2,3)28-21(27)23-14-17-9-11-25(12-10-17)20(26)18-15-29-19(24-18)13-16-7-5-4-6-8-16/h4-8,15,17H,9-14H2,1-3H3,(H,23,27). The summed E-state index contributed by atoms with van der Waals surface area (Å²) in [4.78, 5) is 31.0. The lowest BCUT2D eigenvalue weighted by atomic mass is 9.96. The number of alkyl carbamates (subject to hydrolysis) is 1. The van der Waals surface area contributed by atoms with Crippen molar-refractivity contribution in [2.75, 3.05) is 19.6 Å². The number of thiazole rings is 1. The molecule has 3 rings (SSSR count). The molecule has 2 amide bonds. The third-order valence-electron chi connectivity index (χ3n) is 4.80. The number of piperidine rings is 1. The molecular formula is C22H29N3O3S. The van der Waals surface area contributed by atoms with Gasteiger partial charge >= 0.3 is 6.09 Å². The summed E-state index contributed by atoms with van der Waals surface area (Å²) in [7, 11) is 0. The molecule has 1 aliphatic heterocycles. The minimum Gasteiger partial charge on any atom is -0.444 e. The summed E-state index contributed by atoms with van der Waals surface area (Å²) >= 11 is 1.53. The molecule has 2 aromatic rings. The summed E-state index contributed by atoms with van der Waals surface area (Å²) < 4.78 is 5.27. The summed E-state index contributed by atoms with van der Waals surface area (Å²) in [6.07, 6.45) is 2.09. The molecule has 0 unspecified atom stereocenters. The molecule has 0 saturated carbocycles. The molecule has 6 nitrogen and oxygen atoms in total. The SMILES string of the molecule is CC(C)(C)OC(=O)NCC1CCN(C(=O)c2csc(Cc3ccccc3)n2)CC1. The Kier molecular flexibility index (Phi) is 6.90. The van der Waals surface area contributed by atoms with Crippen LogP contribution in [-0.2, 0) is 11.2 Å². The van der Waals surface area contributed by atoms with E-state index in [1.54, 1.807) is 0 Å². The van der Waals surface area contributed by atoms with Crippen LogP contribution in [0.2, 0.25) is 0 Å². The van der Waals surface area contributed by atoms with E-state index in [1.165, 1.54) is 16.9 Å². The van der Waals surface area contributed by atoms with Crippen LogP contribution in [0.15, 0.2) is 35.7 Å². The van der Waals surface area contributed by atoms with E-state index in [1.807, 2.05) is 49.3 Å². The molecule has 0 aliphatic carbocycles. The van der Waals surface area contributed by atoms with E-state index in [4.69, 9.17) is 4.74 Å². The van der Waals surface area contributed by atoms with E-state index in [0.717, 1.165) is 24.3 Å². The van der Waals surface area contributed by atoms with Gasteiger partial charge in [-0.2, -0.15) is 0 Å². The lowest BCUT2D eigenvalue weighted by Gasteiger charge is -2.31. The van der Waals surface area contributed by atoms with Crippen LogP contribution in [0.1, 0.15) is 54.7 Å². The predicted molar refractivity (Wildman–Crippen MR) is 114 cm³/mol. The van der Waals surface area contributed by atoms with Crippen molar-refractivity contribution < 1.29 is 14.3 Å². The van der Waals surface area contributed by atoms with Crippen LogP contribution >= 0.6 is 11.3 Å². The summed E-state index contributed by atoms with van der Waals surface area (Å²) in [5.41, 5.74) is 1.23. The fraction of sp³-hybridized carbons (Fsp3) is 0.500.